The molecule has 5 nitrogen and oxygen atoms in total. The third-order valence-corrected chi connectivity index (χ3v) is 2.85. The molecule has 1 aliphatic rings. The average Bonchev–Trinajstić information content (AvgIpc) is 2.37. The van der Waals surface area contributed by atoms with Crippen molar-refractivity contribution >= 4 is 24.0 Å². The summed E-state index contributed by atoms with van der Waals surface area (Å²) in [7, 11) is 1.53. The number of hydrogen-bond donors (Lipinski definition) is 1. The van der Waals surface area contributed by atoms with E-state index < -0.39 is 6.04 Å². The minimum absolute atomic E-state index is 0. The maximum absolute atomic E-state index is 12.3. The molecule has 0 bridgehead atoms. The molecule has 1 heterocycles. The molecule has 0 radical (unpaired) electrons. The summed E-state index contributed by atoms with van der Waals surface area (Å²) < 4.78 is 10.6. The highest BCUT2D eigenvalue weighted by Crippen LogP contribution is 2.33. The van der Waals surface area contributed by atoms with Crippen molar-refractivity contribution in [3.05, 3.63) is 24.3 Å². The Bertz CT molecular complexity index is 442. The number of benzene rings is 1. The largest absolute Gasteiger partial charge is 0.487 e. The Balaban J connectivity index is 0.00000180. The van der Waals surface area contributed by atoms with Gasteiger partial charge in [-0.15, -0.1) is 12.4 Å². The van der Waals surface area contributed by atoms with Crippen molar-refractivity contribution in [3.63, 3.8) is 0 Å². The van der Waals surface area contributed by atoms with Gasteiger partial charge in [-0.3, -0.25) is 4.79 Å². The molecule has 0 saturated carbocycles. The lowest BCUT2D eigenvalue weighted by Crippen LogP contribution is -2.50. The summed E-state index contributed by atoms with van der Waals surface area (Å²) in [6, 6.07) is 6.83. The van der Waals surface area contributed by atoms with Gasteiger partial charge in [0.25, 0.3) is 0 Å². The molecule has 0 spiro atoms. The highest BCUT2D eigenvalue weighted by atomic mass is 35.5. The first-order chi connectivity index (χ1) is 8.63. The Kier molecular flexibility index (Phi) is 5.60. The summed E-state index contributed by atoms with van der Waals surface area (Å²) in [5, 5.41) is 0. The van der Waals surface area contributed by atoms with Crippen molar-refractivity contribution in [1.29, 1.82) is 0 Å². The fourth-order valence-corrected chi connectivity index (χ4v) is 2.05. The minimum atomic E-state index is -0.645. The molecule has 0 saturated heterocycles. The maximum atomic E-state index is 12.3. The van der Waals surface area contributed by atoms with Gasteiger partial charge in [-0.2, -0.15) is 0 Å². The van der Waals surface area contributed by atoms with Gasteiger partial charge in [0.1, 0.15) is 17.9 Å². The van der Waals surface area contributed by atoms with E-state index in [1.807, 2.05) is 31.2 Å². The normalized spacial score (nSPS) is 18.9. The first-order valence-corrected chi connectivity index (χ1v) is 5.95. The molecule has 0 aliphatic carbocycles. The second-order valence-electron chi connectivity index (χ2n) is 4.41. The lowest BCUT2D eigenvalue weighted by atomic mass is 10.1. The fraction of sp³-hybridized carbons (Fsp3) is 0.462. The number of hydrogen-bond acceptors (Lipinski definition) is 4. The number of carbonyl (C=O) groups is 1. The number of carbonyl (C=O) groups excluding carboxylic acids is 1. The van der Waals surface area contributed by atoms with Crippen molar-refractivity contribution in [1.82, 2.24) is 0 Å². The molecule has 0 fully saturated rings. The molecular formula is C13H19ClN2O3. The van der Waals surface area contributed by atoms with E-state index in [0.717, 1.165) is 5.69 Å². The van der Waals surface area contributed by atoms with E-state index in [4.69, 9.17) is 15.2 Å². The number of ether oxygens (including phenoxy) is 2. The number of para-hydroxylation sites is 2. The number of fused-ring (bicyclic) bond motifs is 1. The maximum Gasteiger partial charge on any atom is 0.246 e. The van der Waals surface area contributed by atoms with Crippen molar-refractivity contribution in [3.8, 4) is 5.75 Å². The zero-order valence-corrected chi connectivity index (χ0v) is 11.9. The van der Waals surface area contributed by atoms with Gasteiger partial charge < -0.3 is 20.1 Å². The Morgan fingerprint density at radius 1 is 1.58 bits per heavy atom. The summed E-state index contributed by atoms with van der Waals surface area (Å²) in [5.41, 5.74) is 6.57. The Morgan fingerprint density at radius 2 is 2.26 bits per heavy atom. The molecule has 6 heteroatoms. The highest BCUT2D eigenvalue weighted by molar-refractivity contribution is 5.98. The van der Waals surface area contributed by atoms with E-state index in [9.17, 15) is 4.79 Å². The summed E-state index contributed by atoms with van der Waals surface area (Å²) in [4.78, 5) is 13.9. The van der Waals surface area contributed by atoms with E-state index in [1.165, 1.54) is 7.11 Å². The van der Waals surface area contributed by atoms with Gasteiger partial charge in [-0.25, -0.2) is 0 Å². The van der Waals surface area contributed by atoms with Crippen LogP contribution in [0.3, 0.4) is 0 Å². The molecule has 0 aromatic heterocycles. The van der Waals surface area contributed by atoms with Gasteiger partial charge in [-0.05, 0) is 19.1 Å². The lowest BCUT2D eigenvalue weighted by Gasteiger charge is -2.34. The fourth-order valence-electron chi connectivity index (χ4n) is 2.05. The van der Waals surface area contributed by atoms with Gasteiger partial charge in [0, 0.05) is 7.11 Å². The van der Waals surface area contributed by atoms with Crippen LogP contribution in [-0.4, -0.2) is 38.3 Å². The summed E-state index contributed by atoms with van der Waals surface area (Å²) >= 11 is 0. The van der Waals surface area contributed by atoms with Crippen LogP contribution in [0.2, 0.25) is 0 Å². The molecule has 2 N–H and O–H groups in total. The van der Waals surface area contributed by atoms with Crippen LogP contribution < -0.4 is 15.4 Å². The van der Waals surface area contributed by atoms with Crippen molar-refractivity contribution in [2.24, 2.45) is 5.73 Å². The molecule has 1 aromatic rings. The molecule has 1 aromatic carbocycles. The van der Waals surface area contributed by atoms with E-state index >= 15 is 0 Å². The standard InChI is InChI=1S/C13H18N2O3.ClH/c1-9-7-15(13(16)10(14)8-17-2)11-5-3-4-6-12(11)18-9;/h3-6,9-10H,7-8,14H2,1-2H3;1H. The van der Waals surface area contributed by atoms with Crippen LogP contribution in [0.1, 0.15) is 6.92 Å². The van der Waals surface area contributed by atoms with Crippen LogP contribution in [0.25, 0.3) is 0 Å². The van der Waals surface area contributed by atoms with Gasteiger partial charge in [0.15, 0.2) is 0 Å². The predicted octanol–water partition coefficient (Wildman–Crippen LogP) is 1.20. The van der Waals surface area contributed by atoms with Crippen LogP contribution in [0.15, 0.2) is 24.3 Å². The number of anilines is 1. The van der Waals surface area contributed by atoms with Crippen LogP contribution in [0, 0.1) is 0 Å². The van der Waals surface area contributed by atoms with Crippen LogP contribution >= 0.6 is 12.4 Å². The number of nitrogens with two attached hydrogens (primary N) is 1. The number of amides is 1. The minimum Gasteiger partial charge on any atom is -0.487 e. The molecule has 1 aliphatic heterocycles. The third-order valence-electron chi connectivity index (χ3n) is 2.85. The lowest BCUT2D eigenvalue weighted by molar-refractivity contribution is -0.121. The first-order valence-electron chi connectivity index (χ1n) is 5.95. The van der Waals surface area contributed by atoms with Gasteiger partial charge in [-0.1, -0.05) is 12.1 Å². The highest BCUT2D eigenvalue weighted by Gasteiger charge is 2.30. The van der Waals surface area contributed by atoms with Crippen molar-refractivity contribution in [2.45, 2.75) is 19.1 Å². The number of rotatable bonds is 3. The van der Waals surface area contributed by atoms with Crippen LogP contribution in [-0.2, 0) is 9.53 Å². The quantitative estimate of drug-likeness (QED) is 0.907. The van der Waals surface area contributed by atoms with Crippen molar-refractivity contribution < 1.29 is 14.3 Å². The van der Waals surface area contributed by atoms with Crippen LogP contribution in [0.5, 0.6) is 5.75 Å². The van der Waals surface area contributed by atoms with Gasteiger partial charge in [0.05, 0.1) is 18.8 Å². The smallest absolute Gasteiger partial charge is 0.246 e. The second-order valence-corrected chi connectivity index (χ2v) is 4.41. The van der Waals surface area contributed by atoms with E-state index in [0.29, 0.717) is 12.3 Å². The average molecular weight is 287 g/mol. The number of nitrogens with zero attached hydrogens (tertiary/aromatic N) is 1. The summed E-state index contributed by atoms with van der Waals surface area (Å²) in [5.74, 6) is 0.577. The summed E-state index contributed by atoms with van der Waals surface area (Å²) in [6.45, 7) is 2.65. The Hall–Kier alpha value is -1.30. The third kappa shape index (κ3) is 3.37. The molecule has 2 atom stereocenters. The molecule has 106 valence electrons. The first kappa shape index (κ1) is 15.8. The zero-order chi connectivity index (χ0) is 13.1. The van der Waals surface area contributed by atoms with E-state index in [1.54, 1.807) is 4.90 Å². The molecule has 19 heavy (non-hydrogen) atoms. The molecular weight excluding hydrogens is 268 g/mol. The number of methoxy groups -OCH3 is 1. The van der Waals surface area contributed by atoms with E-state index in [-0.39, 0.29) is 31.0 Å². The Morgan fingerprint density at radius 3 is 2.95 bits per heavy atom. The monoisotopic (exact) mass is 286 g/mol. The molecule has 1 amide bonds. The SMILES string of the molecule is COCC(N)C(=O)N1CC(C)Oc2ccccc21.Cl. The summed E-state index contributed by atoms with van der Waals surface area (Å²) in [6.07, 6.45) is -0.0430. The second kappa shape index (κ2) is 6.75. The van der Waals surface area contributed by atoms with Gasteiger partial charge in [0.2, 0.25) is 5.91 Å². The van der Waals surface area contributed by atoms with Gasteiger partial charge >= 0.3 is 0 Å². The Labute approximate surface area is 119 Å². The van der Waals surface area contributed by atoms with E-state index in [2.05, 4.69) is 0 Å². The molecule has 2 unspecified atom stereocenters. The predicted molar refractivity (Wildman–Crippen MR) is 76.0 cm³/mol. The topological polar surface area (TPSA) is 64.8 Å². The van der Waals surface area contributed by atoms with Crippen molar-refractivity contribution in [2.75, 3.05) is 25.2 Å². The number of halogens is 1. The molecule has 2 rings (SSSR count). The van der Waals surface area contributed by atoms with Crippen LogP contribution in [0.4, 0.5) is 5.69 Å². The zero-order valence-electron chi connectivity index (χ0n) is 11.0.